The molecule has 6 heteroatoms. The van der Waals surface area contributed by atoms with Crippen LogP contribution in [0.25, 0.3) is 21.9 Å². The first-order valence-electron chi connectivity index (χ1n) is 10.3. The van der Waals surface area contributed by atoms with Crippen LogP contribution in [0.15, 0.2) is 26.0 Å². The van der Waals surface area contributed by atoms with Gasteiger partial charge in [0.1, 0.15) is 11.2 Å². The van der Waals surface area contributed by atoms with Crippen molar-refractivity contribution in [1.82, 2.24) is 10.2 Å². The number of carbonyl (C=O) groups is 1. The summed E-state index contributed by atoms with van der Waals surface area (Å²) in [5, 5.41) is 4.87. The van der Waals surface area contributed by atoms with Gasteiger partial charge < -0.3 is 14.2 Å². The van der Waals surface area contributed by atoms with Crippen LogP contribution >= 0.6 is 0 Å². The normalized spacial score (nSPS) is 17.4. The molecule has 1 atom stereocenters. The van der Waals surface area contributed by atoms with E-state index in [1.165, 1.54) is 6.42 Å². The molecule has 0 saturated carbocycles. The van der Waals surface area contributed by atoms with Gasteiger partial charge in [0.2, 0.25) is 5.91 Å². The predicted octanol–water partition coefficient (Wildman–Crippen LogP) is 3.61. The van der Waals surface area contributed by atoms with Gasteiger partial charge in [-0.05, 0) is 63.9 Å². The maximum absolute atomic E-state index is 12.7. The second-order valence-electron chi connectivity index (χ2n) is 8.07. The molecule has 0 unspecified atom stereocenters. The molecule has 0 radical (unpaired) electrons. The van der Waals surface area contributed by atoms with E-state index < -0.39 is 5.63 Å². The van der Waals surface area contributed by atoms with Crippen LogP contribution in [0.5, 0.6) is 0 Å². The number of furan rings is 1. The second-order valence-corrected chi connectivity index (χ2v) is 8.07. The van der Waals surface area contributed by atoms with Crippen molar-refractivity contribution >= 4 is 27.8 Å². The Balaban J connectivity index is 1.62. The van der Waals surface area contributed by atoms with Crippen LogP contribution in [0.1, 0.15) is 42.0 Å². The summed E-state index contributed by atoms with van der Waals surface area (Å²) in [7, 11) is 0. The van der Waals surface area contributed by atoms with Crippen molar-refractivity contribution < 1.29 is 13.6 Å². The minimum Gasteiger partial charge on any atom is -0.464 e. The SMILES string of the molecule is CCN1CCC[C@@H]1CNC(=O)Cc1c(C)c2cc3c(C)coc3c(C)c2oc1=O. The number of amides is 1. The van der Waals surface area contributed by atoms with Crippen LogP contribution < -0.4 is 10.9 Å². The Labute approximate surface area is 169 Å². The third-order valence-electron chi connectivity index (χ3n) is 6.31. The summed E-state index contributed by atoms with van der Waals surface area (Å²) in [6.45, 7) is 10.6. The zero-order chi connectivity index (χ0) is 20.7. The molecule has 3 aromatic rings. The summed E-state index contributed by atoms with van der Waals surface area (Å²) in [5.74, 6) is -0.139. The van der Waals surface area contributed by atoms with Crippen molar-refractivity contribution in [3.8, 4) is 0 Å². The summed E-state index contributed by atoms with van der Waals surface area (Å²) < 4.78 is 11.3. The highest BCUT2D eigenvalue weighted by molar-refractivity contribution is 6.00. The summed E-state index contributed by atoms with van der Waals surface area (Å²) in [5.41, 5.74) is 3.88. The Morgan fingerprint density at radius 1 is 1.21 bits per heavy atom. The van der Waals surface area contributed by atoms with Crippen LogP contribution in [0.3, 0.4) is 0 Å². The van der Waals surface area contributed by atoms with Crippen LogP contribution in [0.2, 0.25) is 0 Å². The smallest absolute Gasteiger partial charge is 0.340 e. The van der Waals surface area contributed by atoms with Crippen LogP contribution in [-0.2, 0) is 11.2 Å². The number of fused-ring (bicyclic) bond motifs is 2. The first-order valence-corrected chi connectivity index (χ1v) is 10.3. The molecule has 0 aliphatic carbocycles. The van der Waals surface area contributed by atoms with E-state index in [9.17, 15) is 9.59 Å². The Morgan fingerprint density at radius 3 is 2.76 bits per heavy atom. The molecule has 3 heterocycles. The molecule has 1 aliphatic rings. The zero-order valence-corrected chi connectivity index (χ0v) is 17.6. The summed E-state index contributed by atoms with van der Waals surface area (Å²) in [6.07, 6.45) is 4.01. The van der Waals surface area contributed by atoms with Gasteiger partial charge in [-0.2, -0.15) is 0 Å². The van der Waals surface area contributed by atoms with Crippen LogP contribution in [0, 0.1) is 20.8 Å². The largest absolute Gasteiger partial charge is 0.464 e. The first-order chi connectivity index (χ1) is 13.9. The molecule has 0 spiro atoms. The molecule has 1 amide bonds. The lowest BCUT2D eigenvalue weighted by molar-refractivity contribution is -0.120. The molecule has 154 valence electrons. The van der Waals surface area contributed by atoms with Gasteiger partial charge in [0, 0.05) is 28.9 Å². The Kier molecular flexibility index (Phi) is 5.21. The number of rotatable bonds is 5. The summed E-state index contributed by atoms with van der Waals surface area (Å²) in [4.78, 5) is 27.6. The van der Waals surface area contributed by atoms with Crippen molar-refractivity contribution in [3.05, 3.63) is 45.0 Å². The molecular weight excluding hydrogens is 368 g/mol. The van der Waals surface area contributed by atoms with E-state index >= 15 is 0 Å². The van der Waals surface area contributed by atoms with E-state index in [4.69, 9.17) is 8.83 Å². The van der Waals surface area contributed by atoms with Gasteiger partial charge in [0.25, 0.3) is 0 Å². The number of hydrogen-bond acceptors (Lipinski definition) is 5. The van der Waals surface area contributed by atoms with Crippen LogP contribution in [-0.4, -0.2) is 36.5 Å². The van der Waals surface area contributed by atoms with Crippen LogP contribution in [0.4, 0.5) is 0 Å². The molecule has 6 nitrogen and oxygen atoms in total. The van der Waals surface area contributed by atoms with Gasteiger partial charge in [-0.25, -0.2) is 4.79 Å². The lowest BCUT2D eigenvalue weighted by Crippen LogP contribution is -2.40. The molecule has 1 aromatic carbocycles. The first kappa shape index (κ1) is 19.7. The fourth-order valence-corrected chi connectivity index (χ4v) is 4.52. The molecule has 1 N–H and O–H groups in total. The third-order valence-corrected chi connectivity index (χ3v) is 6.31. The zero-order valence-electron chi connectivity index (χ0n) is 17.6. The molecule has 0 bridgehead atoms. The van der Waals surface area contributed by atoms with Gasteiger partial charge in [-0.15, -0.1) is 0 Å². The molecule has 4 rings (SSSR count). The Hall–Kier alpha value is -2.60. The average Bonchev–Trinajstić information content (AvgIpc) is 3.31. The van der Waals surface area contributed by atoms with Gasteiger partial charge >= 0.3 is 5.63 Å². The highest BCUT2D eigenvalue weighted by Crippen LogP contribution is 2.32. The van der Waals surface area contributed by atoms with E-state index in [0.29, 0.717) is 23.7 Å². The van der Waals surface area contributed by atoms with Gasteiger partial charge in [-0.3, -0.25) is 9.69 Å². The fourth-order valence-electron chi connectivity index (χ4n) is 4.52. The van der Waals surface area contributed by atoms with Crippen molar-refractivity contribution in [3.63, 3.8) is 0 Å². The van der Waals surface area contributed by atoms with E-state index in [-0.39, 0.29) is 12.3 Å². The van der Waals surface area contributed by atoms with Crippen molar-refractivity contribution in [1.29, 1.82) is 0 Å². The highest BCUT2D eigenvalue weighted by Gasteiger charge is 2.24. The highest BCUT2D eigenvalue weighted by atomic mass is 16.4. The van der Waals surface area contributed by atoms with Crippen molar-refractivity contribution in [2.75, 3.05) is 19.6 Å². The predicted molar refractivity (Wildman–Crippen MR) is 113 cm³/mol. The lowest BCUT2D eigenvalue weighted by atomic mass is 9.99. The number of carbonyl (C=O) groups excluding carboxylic acids is 1. The van der Waals surface area contributed by atoms with Crippen molar-refractivity contribution in [2.45, 2.75) is 53.0 Å². The molecule has 1 fully saturated rings. The number of nitrogens with one attached hydrogen (secondary N) is 1. The lowest BCUT2D eigenvalue weighted by Gasteiger charge is -2.22. The quantitative estimate of drug-likeness (QED) is 0.667. The van der Waals surface area contributed by atoms with E-state index in [1.807, 2.05) is 26.8 Å². The van der Waals surface area contributed by atoms with Gasteiger partial charge in [-0.1, -0.05) is 6.92 Å². The summed E-state index contributed by atoms with van der Waals surface area (Å²) in [6, 6.07) is 2.38. The maximum atomic E-state index is 12.7. The number of likely N-dealkylation sites (N-methyl/N-ethyl adjacent to an activating group) is 1. The fraction of sp³-hybridized carbons (Fsp3) is 0.478. The summed E-state index contributed by atoms with van der Waals surface area (Å²) >= 11 is 0. The van der Waals surface area contributed by atoms with Gasteiger partial charge in [0.05, 0.1) is 18.2 Å². The Morgan fingerprint density at radius 2 is 2.00 bits per heavy atom. The van der Waals surface area contributed by atoms with E-state index in [2.05, 4.69) is 17.1 Å². The minimum absolute atomic E-state index is 0.0321. The topological polar surface area (TPSA) is 75.7 Å². The second kappa shape index (κ2) is 7.67. The molecule has 1 aliphatic heterocycles. The molecular formula is C23H28N2O4. The molecule has 29 heavy (non-hydrogen) atoms. The van der Waals surface area contributed by atoms with E-state index in [1.54, 1.807) is 6.26 Å². The average molecular weight is 396 g/mol. The molecule has 1 saturated heterocycles. The number of likely N-dealkylation sites (tertiary alicyclic amines) is 1. The number of benzene rings is 1. The monoisotopic (exact) mass is 396 g/mol. The van der Waals surface area contributed by atoms with Gasteiger partial charge in [0.15, 0.2) is 0 Å². The maximum Gasteiger partial charge on any atom is 0.340 e. The third kappa shape index (κ3) is 3.46. The number of hydrogen-bond donors (Lipinski definition) is 1. The van der Waals surface area contributed by atoms with Crippen molar-refractivity contribution in [2.24, 2.45) is 0 Å². The van der Waals surface area contributed by atoms with E-state index in [0.717, 1.165) is 52.6 Å². The number of aryl methyl sites for hydroxylation is 3. The molecule has 2 aromatic heterocycles. The Bertz CT molecular complexity index is 1140. The minimum atomic E-state index is -0.452. The standard InChI is InChI=1S/C23H28N2O4/c1-5-25-8-6-7-16(25)11-24-20(26)10-19-14(3)18-9-17-13(2)12-28-21(17)15(4)22(18)29-23(19)27/h9,12,16H,5-8,10-11H2,1-4H3,(H,24,26)/t16-/m1/s1. The number of nitrogens with zero attached hydrogens (tertiary/aromatic N) is 1.